The highest BCUT2D eigenvalue weighted by molar-refractivity contribution is 5.98. The molecule has 3 aromatic carbocycles. The number of carbonyl (C=O) groups excluding carboxylic acids is 1. The smallest absolute Gasteiger partial charge is 0.257 e. The summed E-state index contributed by atoms with van der Waals surface area (Å²) in [7, 11) is 0. The number of halogens is 2. The van der Waals surface area contributed by atoms with Gasteiger partial charge >= 0.3 is 0 Å². The summed E-state index contributed by atoms with van der Waals surface area (Å²) in [6.07, 6.45) is 2.40. The molecule has 182 valence electrons. The van der Waals surface area contributed by atoms with Crippen molar-refractivity contribution in [1.29, 1.82) is 0 Å². The van der Waals surface area contributed by atoms with Crippen LogP contribution >= 0.6 is 0 Å². The summed E-state index contributed by atoms with van der Waals surface area (Å²) in [4.78, 5) is 16.3. The van der Waals surface area contributed by atoms with Crippen molar-refractivity contribution < 1.29 is 28.5 Å². The predicted molar refractivity (Wildman–Crippen MR) is 129 cm³/mol. The molecule has 1 heterocycles. The fraction of sp³-hybridized carbons (Fsp3) is 0.222. The lowest BCUT2D eigenvalue weighted by atomic mass is 10.00. The Morgan fingerprint density at radius 2 is 1.86 bits per heavy atom. The predicted octanol–water partition coefficient (Wildman–Crippen LogP) is 5.29. The molecule has 0 saturated heterocycles. The zero-order valence-electron chi connectivity index (χ0n) is 19.4. The maximum atomic E-state index is 13.8. The van der Waals surface area contributed by atoms with Crippen LogP contribution in [-0.2, 0) is 6.42 Å². The third-order valence-corrected chi connectivity index (χ3v) is 5.55. The Morgan fingerprint density at radius 3 is 2.60 bits per heavy atom. The van der Waals surface area contributed by atoms with Crippen LogP contribution in [0.2, 0.25) is 0 Å². The number of H-pyrrole nitrogens is 1. The van der Waals surface area contributed by atoms with Crippen molar-refractivity contribution >= 4 is 16.8 Å². The van der Waals surface area contributed by atoms with Crippen LogP contribution in [0.5, 0.6) is 11.5 Å². The number of phenolic OH excluding ortho intramolecular Hbond substituents is 1. The van der Waals surface area contributed by atoms with Gasteiger partial charge in [-0.1, -0.05) is 13.0 Å². The van der Waals surface area contributed by atoms with Gasteiger partial charge in [-0.3, -0.25) is 4.79 Å². The maximum absolute atomic E-state index is 13.8. The average molecular weight is 481 g/mol. The largest absolute Gasteiger partial charge is 0.508 e. The molecular formula is C27H26F2N2O4. The van der Waals surface area contributed by atoms with E-state index in [-0.39, 0.29) is 17.7 Å². The van der Waals surface area contributed by atoms with E-state index in [9.17, 15) is 23.8 Å². The van der Waals surface area contributed by atoms with Crippen LogP contribution in [0.15, 0.2) is 60.8 Å². The van der Waals surface area contributed by atoms with Gasteiger partial charge < -0.3 is 25.3 Å². The number of carbonyl (C=O) groups is 1. The molecule has 1 atom stereocenters. The topological polar surface area (TPSA) is 94.6 Å². The van der Waals surface area contributed by atoms with Gasteiger partial charge in [0.1, 0.15) is 28.9 Å². The van der Waals surface area contributed by atoms with Crippen molar-refractivity contribution in [1.82, 2.24) is 10.3 Å². The number of aliphatic hydroxyl groups is 1. The van der Waals surface area contributed by atoms with Crippen molar-refractivity contribution in [2.24, 2.45) is 0 Å². The van der Waals surface area contributed by atoms with E-state index in [4.69, 9.17) is 4.74 Å². The van der Waals surface area contributed by atoms with Gasteiger partial charge in [0, 0.05) is 29.6 Å². The second-order valence-electron chi connectivity index (χ2n) is 8.67. The minimum atomic E-state index is -1.67. The molecular weight excluding hydrogens is 454 g/mol. The minimum Gasteiger partial charge on any atom is -0.508 e. The number of nitrogens with one attached hydrogen (secondary N) is 2. The van der Waals surface area contributed by atoms with E-state index in [1.807, 2.05) is 6.92 Å². The van der Waals surface area contributed by atoms with Crippen LogP contribution < -0.4 is 10.1 Å². The molecule has 1 amide bonds. The molecule has 0 aliphatic rings. The second kappa shape index (κ2) is 9.76. The van der Waals surface area contributed by atoms with Gasteiger partial charge in [-0.25, -0.2) is 8.78 Å². The number of benzene rings is 3. The van der Waals surface area contributed by atoms with Gasteiger partial charge in [-0.05, 0) is 72.5 Å². The van der Waals surface area contributed by atoms with Crippen molar-refractivity contribution in [2.45, 2.75) is 32.4 Å². The molecule has 0 aliphatic carbocycles. The molecule has 0 bridgehead atoms. The fourth-order valence-corrected chi connectivity index (χ4v) is 3.99. The number of fused-ring (bicyclic) bond motifs is 1. The highest BCUT2D eigenvalue weighted by Gasteiger charge is 2.27. The van der Waals surface area contributed by atoms with Gasteiger partial charge in [0.25, 0.3) is 5.91 Å². The summed E-state index contributed by atoms with van der Waals surface area (Å²) < 4.78 is 33.3. The first-order valence-corrected chi connectivity index (χ1v) is 11.2. The number of hydrogen-bond donors (Lipinski definition) is 4. The summed E-state index contributed by atoms with van der Waals surface area (Å²) in [5, 5.41) is 24.0. The quantitative estimate of drug-likeness (QED) is 0.258. The average Bonchev–Trinajstić information content (AvgIpc) is 3.17. The highest BCUT2D eigenvalue weighted by Crippen LogP contribution is 2.30. The molecule has 4 aromatic rings. The number of amides is 1. The molecule has 4 rings (SSSR count). The van der Waals surface area contributed by atoms with Crippen LogP contribution in [0.3, 0.4) is 0 Å². The number of rotatable bonds is 8. The van der Waals surface area contributed by atoms with E-state index in [0.717, 1.165) is 12.5 Å². The fourth-order valence-electron chi connectivity index (χ4n) is 3.99. The van der Waals surface area contributed by atoms with Gasteiger partial charge in [-0.2, -0.15) is 0 Å². The van der Waals surface area contributed by atoms with Gasteiger partial charge in [0.2, 0.25) is 0 Å². The first-order chi connectivity index (χ1) is 16.6. The summed E-state index contributed by atoms with van der Waals surface area (Å²) in [5.74, 6) is -1.56. The molecule has 0 radical (unpaired) electrons. The molecule has 0 aliphatic heterocycles. The summed E-state index contributed by atoms with van der Waals surface area (Å²) in [6.45, 7) is 3.75. The lowest BCUT2D eigenvalue weighted by molar-refractivity contribution is 0.0234. The van der Waals surface area contributed by atoms with Crippen molar-refractivity contribution in [3.8, 4) is 22.6 Å². The SMILES string of the molecule is CCCOc1ccc(-c2cc(O)cc(F)c2)cc1C(=O)NC(C)(O)Cc1c[nH]c2ccc(F)cc12. The Morgan fingerprint density at radius 1 is 1.06 bits per heavy atom. The van der Waals surface area contributed by atoms with Gasteiger partial charge in [0.15, 0.2) is 0 Å². The Labute approximate surface area is 201 Å². The summed E-state index contributed by atoms with van der Waals surface area (Å²) in [5.41, 5.74) is 0.686. The van der Waals surface area contributed by atoms with Gasteiger partial charge in [-0.15, -0.1) is 0 Å². The van der Waals surface area contributed by atoms with Crippen LogP contribution in [0.4, 0.5) is 8.78 Å². The van der Waals surface area contributed by atoms with E-state index in [2.05, 4.69) is 10.3 Å². The number of hydrogen-bond acceptors (Lipinski definition) is 4. The van der Waals surface area contributed by atoms with Crippen molar-refractivity contribution in [3.05, 3.63) is 83.6 Å². The molecule has 0 fully saturated rings. The normalized spacial score (nSPS) is 12.9. The molecule has 1 aromatic heterocycles. The standard InChI is InChI=1S/C27H26F2N2O4/c1-3-8-35-25-7-4-16(17-9-20(29)12-21(32)10-17)11-23(25)26(33)31-27(2,34)14-18-15-30-24-6-5-19(28)13-22(18)24/h4-7,9-13,15,30,32,34H,3,8,14H2,1-2H3,(H,31,33). The van der Waals surface area contributed by atoms with Crippen LogP contribution in [-0.4, -0.2) is 33.4 Å². The van der Waals surface area contributed by atoms with E-state index >= 15 is 0 Å². The number of aromatic amines is 1. The Hall–Kier alpha value is -3.91. The monoisotopic (exact) mass is 480 g/mol. The lowest BCUT2D eigenvalue weighted by Crippen LogP contribution is -2.47. The third kappa shape index (κ3) is 5.60. The number of aromatic nitrogens is 1. The molecule has 4 N–H and O–H groups in total. The highest BCUT2D eigenvalue weighted by atomic mass is 19.1. The molecule has 8 heteroatoms. The van der Waals surface area contributed by atoms with Crippen LogP contribution in [0.25, 0.3) is 22.0 Å². The third-order valence-electron chi connectivity index (χ3n) is 5.55. The first-order valence-electron chi connectivity index (χ1n) is 11.2. The molecule has 1 unspecified atom stereocenters. The van der Waals surface area contributed by atoms with E-state index in [1.54, 1.807) is 24.4 Å². The van der Waals surface area contributed by atoms with Crippen LogP contribution in [0.1, 0.15) is 36.2 Å². The number of aromatic hydroxyl groups is 1. The zero-order valence-corrected chi connectivity index (χ0v) is 19.4. The van der Waals surface area contributed by atoms with Crippen LogP contribution in [0, 0.1) is 11.6 Å². The molecule has 0 saturated carbocycles. The Balaban J connectivity index is 1.63. The second-order valence-corrected chi connectivity index (χ2v) is 8.67. The Kier molecular flexibility index (Phi) is 6.75. The van der Waals surface area contributed by atoms with Crippen molar-refractivity contribution in [2.75, 3.05) is 6.61 Å². The van der Waals surface area contributed by atoms with E-state index in [1.165, 1.54) is 37.3 Å². The molecule has 35 heavy (non-hydrogen) atoms. The molecule has 0 spiro atoms. The van der Waals surface area contributed by atoms with Crippen molar-refractivity contribution in [3.63, 3.8) is 0 Å². The maximum Gasteiger partial charge on any atom is 0.257 e. The number of phenols is 1. The van der Waals surface area contributed by atoms with Gasteiger partial charge in [0.05, 0.1) is 12.2 Å². The number of ether oxygens (including phenoxy) is 1. The Bertz CT molecular complexity index is 1360. The summed E-state index contributed by atoms with van der Waals surface area (Å²) >= 11 is 0. The minimum absolute atomic E-state index is 0.0187. The summed E-state index contributed by atoms with van der Waals surface area (Å²) in [6, 6.07) is 12.7. The lowest BCUT2D eigenvalue weighted by Gasteiger charge is -2.25. The zero-order chi connectivity index (χ0) is 25.2. The van der Waals surface area contributed by atoms with E-state index < -0.39 is 23.3 Å². The molecule has 6 nitrogen and oxygen atoms in total. The first kappa shape index (κ1) is 24.2. The van der Waals surface area contributed by atoms with E-state index in [0.29, 0.717) is 39.9 Å².